The fraction of sp³-hybridized carbons (Fsp3) is 0.0130. The number of nitrogens with zero attached hydrogens (tertiary/aromatic N) is 5. The van der Waals surface area contributed by atoms with Gasteiger partial charge >= 0.3 is 0 Å². The first-order valence-corrected chi connectivity index (χ1v) is 29.2. The molecule has 13 aromatic carbocycles. The summed E-state index contributed by atoms with van der Waals surface area (Å²) in [6, 6.07) is 112. The zero-order valence-corrected chi connectivity index (χ0v) is 46.3. The maximum atomic E-state index is 2.50. The van der Waals surface area contributed by atoms with E-state index in [0.29, 0.717) is 0 Å². The second-order valence-corrected chi connectivity index (χ2v) is 22.5. The molecule has 0 spiro atoms. The molecule has 0 aromatic heterocycles. The van der Waals surface area contributed by atoms with Crippen LogP contribution in [0.3, 0.4) is 0 Å². The monoisotopic (exact) mass is 1070 g/mol. The van der Waals surface area contributed by atoms with Crippen molar-refractivity contribution in [2.24, 2.45) is 0 Å². The van der Waals surface area contributed by atoms with Crippen molar-refractivity contribution in [3.8, 4) is 11.1 Å². The zero-order valence-electron chi connectivity index (χ0n) is 46.3. The predicted molar refractivity (Wildman–Crippen MR) is 357 cm³/mol. The topological polar surface area (TPSA) is 16.2 Å². The lowest BCUT2D eigenvalue weighted by atomic mass is 9.33. The predicted octanol–water partition coefficient (Wildman–Crippen LogP) is 16.5. The highest BCUT2D eigenvalue weighted by atomic mass is 15.2. The third-order valence-corrected chi connectivity index (χ3v) is 17.8. The molecule has 392 valence electrons. The van der Waals surface area contributed by atoms with Crippen LogP contribution in [0.15, 0.2) is 303 Å². The van der Waals surface area contributed by atoms with Gasteiger partial charge in [-0.1, -0.05) is 181 Å². The Morgan fingerprint density at radius 3 is 1.38 bits per heavy atom. The Balaban J connectivity index is 0.776. The highest BCUT2D eigenvalue weighted by Gasteiger charge is 2.45. The number of hydrogen-bond acceptors (Lipinski definition) is 5. The maximum Gasteiger partial charge on any atom is 0.252 e. The van der Waals surface area contributed by atoms with E-state index < -0.39 is 0 Å². The summed E-state index contributed by atoms with van der Waals surface area (Å²) in [5.74, 6) is 0. The number of hydrogen-bond donors (Lipinski definition) is 0. The molecule has 84 heavy (non-hydrogen) atoms. The van der Waals surface area contributed by atoms with Crippen LogP contribution in [0.4, 0.5) is 85.3 Å². The van der Waals surface area contributed by atoms with Gasteiger partial charge in [0.05, 0.1) is 0 Å². The van der Waals surface area contributed by atoms with Gasteiger partial charge in [-0.2, -0.15) is 0 Å². The highest BCUT2D eigenvalue weighted by Crippen LogP contribution is 2.48. The lowest BCUT2D eigenvalue weighted by Gasteiger charge is -2.44. The van der Waals surface area contributed by atoms with E-state index in [-0.39, 0.29) is 13.4 Å². The van der Waals surface area contributed by atoms with Gasteiger partial charge in [0.15, 0.2) is 0 Å². The SMILES string of the molecule is Cc1ccc(N2c3cc(N(c4ccccc4)c4ccc(-c5cccc(N6c7ccccc7B7c8c6cccc8N(c6ccccc6)c6ccc8ccccc8c67)c5)cc4)ccc3B3c4ccccc4N(c4ccccc4)c4cccc2c43)cc1. The van der Waals surface area contributed by atoms with Crippen LogP contribution in [0.25, 0.3) is 21.9 Å². The van der Waals surface area contributed by atoms with Gasteiger partial charge in [-0.25, -0.2) is 0 Å². The molecule has 0 atom stereocenters. The van der Waals surface area contributed by atoms with E-state index in [1.54, 1.807) is 0 Å². The second kappa shape index (κ2) is 19.2. The number of rotatable bonds is 8. The van der Waals surface area contributed by atoms with Crippen LogP contribution in [-0.2, 0) is 0 Å². The molecule has 0 saturated carbocycles. The first-order chi connectivity index (χ1) is 41.6. The number of aryl methyl sites for hydroxylation is 1. The van der Waals surface area contributed by atoms with Crippen LogP contribution in [0, 0.1) is 6.92 Å². The van der Waals surface area contributed by atoms with Crippen LogP contribution >= 0.6 is 0 Å². The van der Waals surface area contributed by atoms with E-state index in [1.807, 2.05) is 0 Å². The summed E-state index contributed by atoms with van der Waals surface area (Å²) in [5, 5.41) is 2.53. The van der Waals surface area contributed by atoms with E-state index >= 15 is 0 Å². The molecule has 4 aliphatic rings. The van der Waals surface area contributed by atoms with Crippen LogP contribution in [-0.4, -0.2) is 13.4 Å². The number of anilines is 15. The van der Waals surface area contributed by atoms with Gasteiger partial charge in [0.2, 0.25) is 0 Å². The minimum atomic E-state index is 0.0199. The standard InChI is InChI=1S/C77H53B2N5/c1-52-38-43-60(44-39-52)83-70-35-18-34-69-76(70)78(64-30-13-15-32-67(64)81(69)57-24-7-3-8-25-57)66-48-47-62(51-74(66)83)80(56-22-5-2-6-23-56)59-45-40-53(41-46-59)55-21-17-28-61(50-55)84-68-33-16-14-31-65(68)79-75-63-29-12-11-20-54(63)42-49-73(75)82(58-26-9-4-10-27-58)71-36-19-37-72(84)77(71)79/h2-51H,1H3. The Morgan fingerprint density at radius 1 is 0.262 bits per heavy atom. The zero-order chi connectivity index (χ0) is 55.4. The van der Waals surface area contributed by atoms with Gasteiger partial charge in [0, 0.05) is 85.3 Å². The van der Waals surface area contributed by atoms with Crippen molar-refractivity contribution in [3.63, 3.8) is 0 Å². The van der Waals surface area contributed by atoms with Crippen molar-refractivity contribution in [2.75, 3.05) is 24.5 Å². The number of fused-ring (bicyclic) bond motifs is 10. The average Bonchev–Trinajstić information content (AvgIpc) is 0.840. The van der Waals surface area contributed by atoms with Crippen molar-refractivity contribution >= 4 is 142 Å². The summed E-state index contributed by atoms with van der Waals surface area (Å²) in [5.41, 5.74) is 28.7. The molecule has 13 aromatic rings. The highest BCUT2D eigenvalue weighted by molar-refractivity contribution is 7.02. The molecule has 7 heteroatoms. The first-order valence-electron chi connectivity index (χ1n) is 29.2. The Hall–Kier alpha value is -10.8. The smallest absolute Gasteiger partial charge is 0.252 e. The normalized spacial score (nSPS) is 13.2. The van der Waals surface area contributed by atoms with Crippen LogP contribution in [0.1, 0.15) is 5.56 Å². The average molecular weight is 1070 g/mol. The molecule has 4 aliphatic heterocycles. The van der Waals surface area contributed by atoms with Crippen molar-refractivity contribution in [2.45, 2.75) is 6.92 Å². The second-order valence-electron chi connectivity index (χ2n) is 22.5. The summed E-state index contributed by atoms with van der Waals surface area (Å²) >= 11 is 0. The molecule has 0 fully saturated rings. The molecule has 0 radical (unpaired) electrons. The lowest BCUT2D eigenvalue weighted by Crippen LogP contribution is -2.61. The van der Waals surface area contributed by atoms with Gasteiger partial charge in [-0.15, -0.1) is 0 Å². The maximum absolute atomic E-state index is 2.50. The summed E-state index contributed by atoms with van der Waals surface area (Å²) in [4.78, 5) is 12.3. The number of para-hydroxylation sites is 5. The minimum absolute atomic E-state index is 0.0199. The Morgan fingerprint density at radius 2 is 0.714 bits per heavy atom. The minimum Gasteiger partial charge on any atom is -0.311 e. The summed E-state index contributed by atoms with van der Waals surface area (Å²) < 4.78 is 0. The first kappa shape index (κ1) is 48.0. The van der Waals surface area contributed by atoms with Gasteiger partial charge in [-0.05, 0) is 189 Å². The summed E-state index contributed by atoms with van der Waals surface area (Å²) in [7, 11) is 0. The van der Waals surface area contributed by atoms with Crippen molar-refractivity contribution in [1.82, 2.24) is 0 Å². The fourth-order valence-corrected chi connectivity index (χ4v) is 14.3. The Bertz CT molecular complexity index is 4730. The molecule has 17 rings (SSSR count). The molecular formula is C77H53B2N5. The third-order valence-electron chi connectivity index (χ3n) is 17.8. The van der Waals surface area contributed by atoms with Gasteiger partial charge in [0.1, 0.15) is 0 Å². The number of benzene rings is 13. The summed E-state index contributed by atoms with van der Waals surface area (Å²) in [6.45, 7) is 2.22. The van der Waals surface area contributed by atoms with Crippen LogP contribution < -0.4 is 57.3 Å². The van der Waals surface area contributed by atoms with Crippen LogP contribution in [0.2, 0.25) is 0 Å². The Kier molecular flexibility index (Phi) is 11.0. The molecule has 4 heterocycles. The lowest BCUT2D eigenvalue weighted by molar-refractivity contribution is 1.24. The van der Waals surface area contributed by atoms with Gasteiger partial charge in [0.25, 0.3) is 13.4 Å². The van der Waals surface area contributed by atoms with Gasteiger partial charge < -0.3 is 24.5 Å². The van der Waals surface area contributed by atoms with Crippen LogP contribution in [0.5, 0.6) is 0 Å². The molecular weight excluding hydrogens is 1020 g/mol. The van der Waals surface area contributed by atoms with Gasteiger partial charge in [-0.3, -0.25) is 0 Å². The molecule has 0 saturated heterocycles. The van der Waals surface area contributed by atoms with Crippen molar-refractivity contribution in [3.05, 3.63) is 309 Å². The van der Waals surface area contributed by atoms with E-state index in [9.17, 15) is 0 Å². The summed E-state index contributed by atoms with van der Waals surface area (Å²) in [6.07, 6.45) is 0. The van der Waals surface area contributed by atoms with E-state index in [1.165, 1.54) is 94.6 Å². The van der Waals surface area contributed by atoms with Crippen molar-refractivity contribution < 1.29 is 0 Å². The quantitative estimate of drug-likeness (QED) is 0.141. The van der Waals surface area contributed by atoms with E-state index in [4.69, 9.17) is 0 Å². The van der Waals surface area contributed by atoms with Crippen molar-refractivity contribution in [1.29, 1.82) is 0 Å². The third kappa shape index (κ3) is 7.38. The molecule has 0 aliphatic carbocycles. The largest absolute Gasteiger partial charge is 0.311 e. The molecule has 5 nitrogen and oxygen atoms in total. The fourth-order valence-electron chi connectivity index (χ4n) is 14.3. The molecule has 0 bridgehead atoms. The molecule has 0 unspecified atom stereocenters. The molecule has 0 amide bonds. The Labute approximate surface area is 491 Å². The van der Waals surface area contributed by atoms with E-state index in [0.717, 1.165) is 50.9 Å². The van der Waals surface area contributed by atoms with E-state index in [2.05, 4.69) is 335 Å². The molecule has 0 N–H and O–H groups in total.